The summed E-state index contributed by atoms with van der Waals surface area (Å²) in [6.45, 7) is 3.63. The summed E-state index contributed by atoms with van der Waals surface area (Å²) in [5.74, 6) is 5.13. The zero-order chi connectivity index (χ0) is 24.2. The first-order valence-electron chi connectivity index (χ1n) is 10.5. The summed E-state index contributed by atoms with van der Waals surface area (Å²) in [5.41, 5.74) is 0.406. The zero-order valence-electron chi connectivity index (χ0n) is 18.4. The Morgan fingerprint density at radius 2 is 1.79 bits per heavy atom. The first-order valence-corrected chi connectivity index (χ1v) is 13.7. The summed E-state index contributed by atoms with van der Waals surface area (Å²) in [4.78, 5) is 16.0. The number of sulfone groups is 1. The van der Waals surface area contributed by atoms with Crippen molar-refractivity contribution in [1.29, 1.82) is 0 Å². The fraction of sp³-hybridized carbons (Fsp3) is 0.391. The van der Waals surface area contributed by atoms with Crippen molar-refractivity contribution in [2.24, 2.45) is 11.1 Å². The van der Waals surface area contributed by atoms with E-state index >= 15 is 0 Å². The molecule has 3 rings (SSSR count). The number of ether oxygens (including phenoxy) is 1. The number of nitrogens with two attached hydrogens (primary N) is 1. The summed E-state index contributed by atoms with van der Waals surface area (Å²) < 4.78 is 55.0. The molecule has 1 aromatic heterocycles. The summed E-state index contributed by atoms with van der Waals surface area (Å²) >= 11 is 0. The third-order valence-electron chi connectivity index (χ3n) is 5.10. The monoisotopic (exact) mass is 490 g/mol. The number of carbonyl (C=O) groups excluding carboxylic acids is 1. The van der Waals surface area contributed by atoms with Crippen LogP contribution in [0.2, 0.25) is 0 Å². The highest BCUT2D eigenvalue weighted by atomic mass is 32.2. The van der Waals surface area contributed by atoms with Gasteiger partial charge in [0.1, 0.15) is 10.6 Å². The maximum absolute atomic E-state index is 12.8. The van der Waals surface area contributed by atoms with E-state index in [1.165, 1.54) is 24.4 Å². The highest BCUT2D eigenvalue weighted by Crippen LogP contribution is 2.26. The predicted molar refractivity (Wildman–Crippen MR) is 123 cm³/mol. The number of primary sulfonamides is 1. The zero-order valence-corrected chi connectivity index (χ0v) is 20.1. The maximum Gasteiger partial charge on any atom is 0.239 e. The van der Waals surface area contributed by atoms with Gasteiger partial charge in [-0.1, -0.05) is 30.9 Å². The van der Waals surface area contributed by atoms with Crippen LogP contribution in [0, 0.1) is 17.8 Å². The minimum Gasteiger partial charge on any atom is -0.488 e. The van der Waals surface area contributed by atoms with Gasteiger partial charge in [0.2, 0.25) is 10.0 Å². The number of hydrogen-bond acceptors (Lipinski definition) is 7. The van der Waals surface area contributed by atoms with Crippen LogP contribution < -0.4 is 9.88 Å². The Morgan fingerprint density at radius 3 is 2.39 bits per heavy atom. The van der Waals surface area contributed by atoms with Crippen LogP contribution in [0.3, 0.4) is 0 Å². The van der Waals surface area contributed by atoms with Gasteiger partial charge >= 0.3 is 0 Å². The van der Waals surface area contributed by atoms with Crippen molar-refractivity contribution in [3.63, 3.8) is 0 Å². The average molecular weight is 491 g/mol. The summed E-state index contributed by atoms with van der Waals surface area (Å²) in [6, 6.07) is 6.33. The lowest BCUT2D eigenvalue weighted by Gasteiger charge is -2.13. The Hall–Kier alpha value is -2.74. The molecular formula is C23H26N2O6S2. The van der Waals surface area contributed by atoms with Crippen LogP contribution in [0.15, 0.2) is 46.3 Å². The van der Waals surface area contributed by atoms with Crippen molar-refractivity contribution in [1.82, 2.24) is 4.98 Å². The molecule has 33 heavy (non-hydrogen) atoms. The number of nitrogens with zero attached hydrogens (tertiary/aromatic N) is 1. The smallest absolute Gasteiger partial charge is 0.239 e. The van der Waals surface area contributed by atoms with Gasteiger partial charge in [-0.25, -0.2) is 27.0 Å². The first-order chi connectivity index (χ1) is 15.5. The van der Waals surface area contributed by atoms with Crippen LogP contribution in [-0.4, -0.2) is 39.5 Å². The van der Waals surface area contributed by atoms with Gasteiger partial charge in [-0.2, -0.15) is 0 Å². The molecule has 1 aromatic carbocycles. The van der Waals surface area contributed by atoms with Crippen molar-refractivity contribution in [2.45, 2.75) is 55.4 Å². The molecule has 0 amide bonds. The van der Waals surface area contributed by atoms with Gasteiger partial charge in [0.15, 0.2) is 27.1 Å². The molecule has 0 aliphatic heterocycles. The predicted octanol–water partition coefficient (Wildman–Crippen LogP) is 2.71. The van der Waals surface area contributed by atoms with E-state index in [1.54, 1.807) is 0 Å². The van der Waals surface area contributed by atoms with Gasteiger partial charge in [-0.05, 0) is 50.8 Å². The Morgan fingerprint density at radius 1 is 1.15 bits per heavy atom. The van der Waals surface area contributed by atoms with Crippen molar-refractivity contribution >= 4 is 25.6 Å². The third-order valence-corrected chi connectivity index (χ3v) is 7.87. The molecule has 0 atom stereocenters. The number of pyridine rings is 1. The van der Waals surface area contributed by atoms with E-state index < -0.39 is 41.2 Å². The lowest BCUT2D eigenvalue weighted by molar-refractivity contribution is 0.101. The second-order valence-electron chi connectivity index (χ2n) is 8.16. The molecule has 10 heteroatoms. The first kappa shape index (κ1) is 24.9. The highest BCUT2D eigenvalue weighted by Gasteiger charge is 2.27. The molecule has 2 N–H and O–H groups in total. The number of carbonyl (C=O) groups is 1. The van der Waals surface area contributed by atoms with Crippen LogP contribution in [0.4, 0.5) is 0 Å². The SMILES string of the molecule is CC(C)Oc1cc(C(=O)CS(=O)(=O)c2ccccc2S(N)(=O)=O)cnc1C#CC1CCCC1. The number of aromatic nitrogens is 1. The lowest BCUT2D eigenvalue weighted by Crippen LogP contribution is -2.21. The molecule has 0 bridgehead atoms. The van der Waals surface area contributed by atoms with E-state index in [1.807, 2.05) is 13.8 Å². The molecule has 1 aliphatic rings. The normalized spacial score (nSPS) is 14.7. The molecule has 2 aromatic rings. The Labute approximate surface area is 194 Å². The van der Waals surface area contributed by atoms with E-state index in [2.05, 4.69) is 16.8 Å². The number of Topliss-reactive ketones (excluding diaryl/α,β-unsaturated/α-hetero) is 1. The third kappa shape index (κ3) is 6.41. The van der Waals surface area contributed by atoms with Crippen LogP contribution in [-0.2, 0) is 19.9 Å². The minimum atomic E-state index is -4.29. The molecule has 0 saturated heterocycles. The van der Waals surface area contributed by atoms with E-state index in [-0.39, 0.29) is 11.7 Å². The lowest BCUT2D eigenvalue weighted by atomic mass is 10.1. The molecule has 0 radical (unpaired) electrons. The van der Waals surface area contributed by atoms with E-state index in [4.69, 9.17) is 9.88 Å². The van der Waals surface area contributed by atoms with Crippen LogP contribution in [0.1, 0.15) is 55.6 Å². The van der Waals surface area contributed by atoms with Crippen molar-refractivity contribution < 1.29 is 26.4 Å². The summed E-state index contributed by atoms with van der Waals surface area (Å²) in [6.07, 6.45) is 5.44. The molecule has 1 fully saturated rings. The number of ketones is 1. The molecule has 1 heterocycles. The van der Waals surface area contributed by atoms with Gasteiger partial charge in [-0.15, -0.1) is 0 Å². The second kappa shape index (κ2) is 10.0. The minimum absolute atomic E-state index is 0.0220. The Kier molecular flexibility index (Phi) is 7.57. The van der Waals surface area contributed by atoms with Gasteiger partial charge in [0.25, 0.3) is 0 Å². The molecule has 0 spiro atoms. The number of benzene rings is 1. The molecule has 8 nitrogen and oxygen atoms in total. The van der Waals surface area contributed by atoms with Crippen molar-refractivity contribution in [2.75, 3.05) is 5.75 Å². The van der Waals surface area contributed by atoms with Crippen LogP contribution in [0.25, 0.3) is 0 Å². The Bertz CT molecular complexity index is 1320. The quantitative estimate of drug-likeness (QED) is 0.466. The molecule has 1 saturated carbocycles. The number of hydrogen-bond donors (Lipinski definition) is 1. The highest BCUT2D eigenvalue weighted by molar-refractivity contribution is 7.94. The van der Waals surface area contributed by atoms with Gasteiger partial charge in [-0.3, -0.25) is 4.79 Å². The largest absolute Gasteiger partial charge is 0.488 e. The summed E-state index contributed by atoms with van der Waals surface area (Å²) in [7, 11) is -8.59. The fourth-order valence-electron chi connectivity index (χ4n) is 3.55. The fourth-order valence-corrected chi connectivity index (χ4v) is 6.22. The van der Waals surface area contributed by atoms with Crippen molar-refractivity contribution in [3.05, 3.63) is 47.8 Å². The van der Waals surface area contributed by atoms with Crippen LogP contribution >= 0.6 is 0 Å². The molecular weight excluding hydrogens is 464 g/mol. The van der Waals surface area contributed by atoms with E-state index in [0.29, 0.717) is 17.4 Å². The number of rotatable bonds is 7. The van der Waals surface area contributed by atoms with Crippen LogP contribution in [0.5, 0.6) is 5.75 Å². The average Bonchev–Trinajstić information content (AvgIpc) is 3.25. The van der Waals surface area contributed by atoms with Gasteiger partial charge in [0, 0.05) is 17.7 Å². The van der Waals surface area contributed by atoms with E-state index in [9.17, 15) is 21.6 Å². The standard InChI is InChI=1S/C23H26N2O6S2/c1-16(2)31-21-13-18(14-25-19(21)12-11-17-7-3-4-8-17)20(26)15-32(27,28)22-9-5-6-10-23(22)33(24,29)30/h5-6,9-10,13-14,16-17H,3-4,7-8,15H2,1-2H3,(H2,24,29,30). The number of sulfonamides is 1. The maximum atomic E-state index is 12.8. The molecule has 176 valence electrons. The molecule has 0 unspecified atom stereocenters. The van der Waals surface area contributed by atoms with Crippen molar-refractivity contribution in [3.8, 4) is 17.6 Å². The summed E-state index contributed by atoms with van der Waals surface area (Å²) in [5, 5.41) is 5.14. The Balaban J connectivity index is 1.91. The molecule has 1 aliphatic carbocycles. The topological polar surface area (TPSA) is 133 Å². The van der Waals surface area contributed by atoms with Gasteiger partial charge < -0.3 is 4.74 Å². The second-order valence-corrected chi connectivity index (χ2v) is 11.6. The van der Waals surface area contributed by atoms with E-state index in [0.717, 1.165) is 37.8 Å². The van der Waals surface area contributed by atoms with Gasteiger partial charge in [0.05, 0.1) is 11.0 Å².